The molecule has 4 nitrogen and oxygen atoms in total. The Morgan fingerprint density at radius 1 is 1.33 bits per heavy atom. The van der Waals surface area contributed by atoms with Crippen molar-refractivity contribution in [2.75, 3.05) is 6.61 Å². The lowest BCUT2D eigenvalue weighted by Gasteiger charge is -2.15. The van der Waals surface area contributed by atoms with Gasteiger partial charge in [0.25, 0.3) is 0 Å². The van der Waals surface area contributed by atoms with Gasteiger partial charge in [-0.15, -0.1) is 0 Å². The minimum Gasteiger partial charge on any atom is -0.396 e. The van der Waals surface area contributed by atoms with E-state index in [9.17, 15) is 9.50 Å². The van der Waals surface area contributed by atoms with Gasteiger partial charge in [0.15, 0.2) is 5.82 Å². The Kier molecular flexibility index (Phi) is 5.02. The number of hydrogen-bond acceptors (Lipinski definition) is 4. The zero-order valence-electron chi connectivity index (χ0n) is 10.9. The molecule has 0 amide bonds. The van der Waals surface area contributed by atoms with Gasteiger partial charge in [-0.2, -0.15) is 5.26 Å². The van der Waals surface area contributed by atoms with Crippen LogP contribution in [0.3, 0.4) is 0 Å². The van der Waals surface area contributed by atoms with Crippen LogP contribution in [0.15, 0.2) is 34.9 Å². The fourth-order valence-corrected chi connectivity index (χ4v) is 2.36. The molecule has 2 aromatic rings. The lowest BCUT2D eigenvalue weighted by Crippen LogP contribution is -2.08. The molecule has 0 aliphatic heterocycles. The van der Waals surface area contributed by atoms with Gasteiger partial charge in [0.05, 0.1) is 17.3 Å². The van der Waals surface area contributed by atoms with Crippen LogP contribution in [0.1, 0.15) is 28.5 Å². The van der Waals surface area contributed by atoms with Gasteiger partial charge in [0.1, 0.15) is 10.7 Å². The van der Waals surface area contributed by atoms with Gasteiger partial charge in [-0.25, -0.2) is 9.37 Å². The third-order valence-corrected chi connectivity index (χ3v) is 3.61. The van der Waals surface area contributed by atoms with E-state index < -0.39 is 11.9 Å². The van der Waals surface area contributed by atoms with E-state index in [-0.39, 0.29) is 16.9 Å². The summed E-state index contributed by atoms with van der Waals surface area (Å²) < 4.78 is 13.2. The van der Waals surface area contributed by atoms with Crippen LogP contribution in [0.5, 0.6) is 0 Å². The van der Waals surface area contributed by atoms with Crippen LogP contribution in [-0.4, -0.2) is 21.8 Å². The Balaban J connectivity index is 2.44. The molecule has 1 heterocycles. The van der Waals surface area contributed by atoms with E-state index in [0.29, 0.717) is 23.1 Å². The van der Waals surface area contributed by atoms with Gasteiger partial charge in [-0.1, -0.05) is 6.07 Å². The van der Waals surface area contributed by atoms with E-state index in [2.05, 4.69) is 20.9 Å². The highest BCUT2D eigenvalue weighted by Crippen LogP contribution is 2.26. The molecule has 108 valence electrons. The number of aromatic nitrogens is 1. The van der Waals surface area contributed by atoms with Gasteiger partial charge < -0.3 is 10.2 Å². The normalized spacial score (nSPS) is 12.0. The van der Waals surface area contributed by atoms with Crippen LogP contribution >= 0.6 is 15.9 Å². The molecule has 0 saturated heterocycles. The van der Waals surface area contributed by atoms with Crippen molar-refractivity contribution in [2.45, 2.75) is 12.5 Å². The summed E-state index contributed by atoms with van der Waals surface area (Å²) in [5, 5.41) is 28.4. The summed E-state index contributed by atoms with van der Waals surface area (Å²) in [4.78, 5) is 3.96. The van der Waals surface area contributed by atoms with Gasteiger partial charge >= 0.3 is 0 Å². The van der Waals surface area contributed by atoms with E-state index in [1.807, 2.05) is 6.07 Å². The number of pyridine rings is 1. The molecular formula is C15H12BrFN2O2. The van der Waals surface area contributed by atoms with E-state index in [1.165, 1.54) is 12.1 Å². The van der Waals surface area contributed by atoms with Crippen molar-refractivity contribution in [3.05, 3.63) is 63.1 Å². The van der Waals surface area contributed by atoms with E-state index in [0.717, 1.165) is 0 Å². The molecule has 1 unspecified atom stereocenters. The number of halogens is 2. The standard InChI is InChI=1S/C15H12BrFN2O2/c16-15-12(17)3-4-13(19-15)14(21)11-2-1-9(8-18)7-10(11)5-6-20/h1-4,7,14,20-21H,5-6H2. The van der Waals surface area contributed by atoms with Crippen molar-refractivity contribution in [3.8, 4) is 6.07 Å². The molecule has 21 heavy (non-hydrogen) atoms. The number of rotatable bonds is 4. The van der Waals surface area contributed by atoms with Crippen LogP contribution in [0.25, 0.3) is 0 Å². The van der Waals surface area contributed by atoms with Gasteiger partial charge in [0, 0.05) is 6.61 Å². The summed E-state index contributed by atoms with van der Waals surface area (Å²) in [5.74, 6) is -0.513. The highest BCUT2D eigenvalue weighted by Gasteiger charge is 2.17. The third-order valence-electron chi connectivity index (χ3n) is 3.05. The van der Waals surface area contributed by atoms with Crippen molar-refractivity contribution in [1.29, 1.82) is 5.26 Å². The molecule has 2 N–H and O–H groups in total. The SMILES string of the molecule is N#Cc1ccc(C(O)c2ccc(F)c(Br)n2)c(CCO)c1. The molecule has 0 bridgehead atoms. The van der Waals surface area contributed by atoms with Crippen LogP contribution < -0.4 is 0 Å². The van der Waals surface area contributed by atoms with Crippen molar-refractivity contribution in [3.63, 3.8) is 0 Å². The number of nitrogens with zero attached hydrogens (tertiary/aromatic N) is 2. The average molecular weight is 351 g/mol. The topological polar surface area (TPSA) is 77.1 Å². The Hall–Kier alpha value is -1.81. The van der Waals surface area contributed by atoms with Crippen molar-refractivity contribution in [2.24, 2.45) is 0 Å². The van der Waals surface area contributed by atoms with Crippen molar-refractivity contribution < 1.29 is 14.6 Å². The molecule has 0 aliphatic rings. The highest BCUT2D eigenvalue weighted by molar-refractivity contribution is 9.10. The van der Waals surface area contributed by atoms with E-state index in [4.69, 9.17) is 10.4 Å². The molecule has 0 radical (unpaired) electrons. The third kappa shape index (κ3) is 3.45. The Morgan fingerprint density at radius 3 is 2.71 bits per heavy atom. The first-order valence-corrected chi connectivity index (χ1v) is 7.00. The smallest absolute Gasteiger partial charge is 0.155 e. The number of nitriles is 1. The van der Waals surface area contributed by atoms with Crippen LogP contribution in [0, 0.1) is 17.1 Å². The maximum absolute atomic E-state index is 13.2. The predicted octanol–water partition coefficient (Wildman–Crippen LogP) is 2.47. The molecule has 2 rings (SSSR count). The molecular weight excluding hydrogens is 339 g/mol. The molecule has 0 aliphatic carbocycles. The summed E-state index contributed by atoms with van der Waals surface area (Å²) in [7, 11) is 0. The van der Waals surface area contributed by atoms with Gasteiger partial charge in [-0.3, -0.25) is 0 Å². The minimum absolute atomic E-state index is 0.0244. The lowest BCUT2D eigenvalue weighted by atomic mass is 9.96. The largest absolute Gasteiger partial charge is 0.396 e. The molecule has 0 spiro atoms. The monoisotopic (exact) mass is 350 g/mol. The summed E-state index contributed by atoms with van der Waals surface area (Å²) in [5.41, 5.74) is 1.93. The van der Waals surface area contributed by atoms with Crippen molar-refractivity contribution in [1.82, 2.24) is 4.98 Å². The number of benzene rings is 1. The Labute approximate surface area is 129 Å². The van der Waals surface area contributed by atoms with Gasteiger partial charge in [0.2, 0.25) is 0 Å². The zero-order valence-corrected chi connectivity index (χ0v) is 12.5. The fraction of sp³-hybridized carbons (Fsp3) is 0.200. The fourth-order valence-electron chi connectivity index (χ4n) is 2.02. The Bertz CT molecular complexity index is 701. The first-order chi connectivity index (χ1) is 10.1. The van der Waals surface area contributed by atoms with Crippen molar-refractivity contribution >= 4 is 15.9 Å². The number of aliphatic hydroxyl groups excluding tert-OH is 2. The number of aliphatic hydroxyl groups is 2. The quantitative estimate of drug-likeness (QED) is 0.830. The first-order valence-electron chi connectivity index (χ1n) is 6.20. The molecule has 6 heteroatoms. The summed E-state index contributed by atoms with van der Waals surface area (Å²) >= 11 is 2.98. The zero-order chi connectivity index (χ0) is 15.4. The van der Waals surface area contributed by atoms with Gasteiger partial charge in [-0.05, 0) is 57.7 Å². The maximum Gasteiger partial charge on any atom is 0.155 e. The summed E-state index contributed by atoms with van der Waals surface area (Å²) in [6, 6.07) is 9.44. The molecule has 0 fully saturated rings. The molecule has 1 atom stereocenters. The highest BCUT2D eigenvalue weighted by atomic mass is 79.9. The van der Waals surface area contributed by atoms with Crippen LogP contribution in [-0.2, 0) is 6.42 Å². The summed E-state index contributed by atoms with van der Waals surface area (Å²) in [6.07, 6.45) is -0.749. The molecule has 1 aromatic heterocycles. The van der Waals surface area contributed by atoms with E-state index in [1.54, 1.807) is 18.2 Å². The lowest BCUT2D eigenvalue weighted by molar-refractivity contribution is 0.212. The van der Waals surface area contributed by atoms with E-state index >= 15 is 0 Å². The van der Waals surface area contributed by atoms with Crippen LogP contribution in [0.2, 0.25) is 0 Å². The first kappa shape index (κ1) is 15.6. The van der Waals surface area contributed by atoms with Crippen LogP contribution in [0.4, 0.5) is 4.39 Å². The minimum atomic E-state index is -1.06. The second-order valence-electron chi connectivity index (χ2n) is 4.41. The second kappa shape index (κ2) is 6.76. The molecule has 0 saturated carbocycles. The second-order valence-corrected chi connectivity index (χ2v) is 5.16. The predicted molar refractivity (Wildman–Crippen MR) is 77.9 cm³/mol. The average Bonchev–Trinajstić information content (AvgIpc) is 2.49. The molecule has 1 aromatic carbocycles. The summed E-state index contributed by atoms with van der Waals surface area (Å²) in [6.45, 7) is -0.102. The Morgan fingerprint density at radius 2 is 2.10 bits per heavy atom. The maximum atomic E-state index is 13.2. The number of hydrogen-bond donors (Lipinski definition) is 2.